The normalized spacial score (nSPS) is 10.3. The van der Waals surface area contributed by atoms with Crippen LogP contribution in [0, 0.1) is 0 Å². The monoisotopic (exact) mass is 313 g/mol. The number of unbranched alkanes of at least 4 members (excludes halogenated alkanes) is 3. The number of carbonyl (C=O) groups excluding carboxylic acids is 1. The Balaban J connectivity index is 1.98. The van der Waals surface area contributed by atoms with Crippen LogP contribution in [-0.2, 0) is 0 Å². The second kappa shape index (κ2) is 8.83. The average molecular weight is 313 g/mol. The van der Waals surface area contributed by atoms with E-state index in [2.05, 4.69) is 12.2 Å². The number of aromatic hydroxyl groups is 1. The maximum absolute atomic E-state index is 12.4. The minimum atomic E-state index is -0.222. The third-order valence-corrected chi connectivity index (χ3v) is 3.51. The molecular weight excluding hydrogens is 290 g/mol. The molecule has 0 aromatic heterocycles. The summed E-state index contributed by atoms with van der Waals surface area (Å²) in [6.07, 6.45) is 4.51. The van der Waals surface area contributed by atoms with Crippen LogP contribution < -0.4 is 10.1 Å². The largest absolute Gasteiger partial charge is 0.508 e. The molecule has 122 valence electrons. The number of nitrogens with one attached hydrogen (secondary N) is 1. The zero-order chi connectivity index (χ0) is 16.5. The second-order valence-electron chi connectivity index (χ2n) is 5.41. The van der Waals surface area contributed by atoms with Gasteiger partial charge in [-0.05, 0) is 42.8 Å². The number of carbonyl (C=O) groups is 1. The van der Waals surface area contributed by atoms with E-state index in [1.54, 1.807) is 18.2 Å². The molecular formula is C19H23NO3. The fourth-order valence-electron chi connectivity index (χ4n) is 2.23. The molecule has 23 heavy (non-hydrogen) atoms. The summed E-state index contributed by atoms with van der Waals surface area (Å²) < 4.78 is 5.76. The first kappa shape index (κ1) is 16.9. The van der Waals surface area contributed by atoms with Crippen LogP contribution in [0.4, 0.5) is 5.69 Å². The first-order valence-electron chi connectivity index (χ1n) is 8.03. The Morgan fingerprint density at radius 3 is 2.52 bits per heavy atom. The lowest BCUT2D eigenvalue weighted by Gasteiger charge is -2.11. The Hall–Kier alpha value is -2.49. The van der Waals surface area contributed by atoms with Gasteiger partial charge in [0.2, 0.25) is 0 Å². The summed E-state index contributed by atoms with van der Waals surface area (Å²) in [5, 5.41) is 12.1. The van der Waals surface area contributed by atoms with Crippen LogP contribution in [0.2, 0.25) is 0 Å². The van der Waals surface area contributed by atoms with Gasteiger partial charge in [0.1, 0.15) is 11.5 Å². The van der Waals surface area contributed by atoms with Gasteiger partial charge in [0.15, 0.2) is 0 Å². The summed E-state index contributed by atoms with van der Waals surface area (Å²) in [7, 11) is 0. The molecule has 0 saturated carbocycles. The molecule has 0 bridgehead atoms. The van der Waals surface area contributed by atoms with Crippen molar-refractivity contribution in [2.24, 2.45) is 0 Å². The second-order valence-corrected chi connectivity index (χ2v) is 5.41. The van der Waals surface area contributed by atoms with Crippen LogP contribution in [0.5, 0.6) is 11.5 Å². The van der Waals surface area contributed by atoms with Gasteiger partial charge in [-0.25, -0.2) is 0 Å². The molecule has 0 aliphatic rings. The van der Waals surface area contributed by atoms with Crippen molar-refractivity contribution in [2.75, 3.05) is 11.9 Å². The number of para-hydroxylation sites is 1. The molecule has 0 unspecified atom stereocenters. The van der Waals surface area contributed by atoms with E-state index in [1.165, 1.54) is 25.0 Å². The SMILES string of the molecule is CCCCCCOc1ccccc1C(=O)Nc1ccc(O)cc1. The van der Waals surface area contributed by atoms with Gasteiger partial charge in [-0.3, -0.25) is 4.79 Å². The fourth-order valence-corrected chi connectivity index (χ4v) is 2.23. The molecule has 4 heteroatoms. The van der Waals surface area contributed by atoms with E-state index < -0.39 is 0 Å². The van der Waals surface area contributed by atoms with Crippen molar-refractivity contribution in [3.63, 3.8) is 0 Å². The lowest BCUT2D eigenvalue weighted by Crippen LogP contribution is -2.13. The standard InChI is InChI=1S/C19H23NO3/c1-2-3-4-7-14-23-18-9-6-5-8-17(18)19(22)20-15-10-12-16(21)13-11-15/h5-6,8-13,21H,2-4,7,14H2,1H3,(H,20,22). The Bertz CT molecular complexity index is 623. The van der Waals surface area contributed by atoms with Gasteiger partial charge in [-0.1, -0.05) is 38.3 Å². The van der Waals surface area contributed by atoms with Crippen molar-refractivity contribution in [1.82, 2.24) is 0 Å². The molecule has 0 fully saturated rings. The highest BCUT2D eigenvalue weighted by Gasteiger charge is 2.12. The minimum Gasteiger partial charge on any atom is -0.508 e. The summed E-state index contributed by atoms with van der Waals surface area (Å²) in [5.41, 5.74) is 1.14. The van der Waals surface area contributed by atoms with Crippen LogP contribution in [-0.4, -0.2) is 17.6 Å². The number of benzene rings is 2. The molecule has 0 spiro atoms. The Labute approximate surface area is 137 Å². The van der Waals surface area contributed by atoms with Crippen molar-refractivity contribution in [2.45, 2.75) is 32.6 Å². The predicted molar refractivity (Wildman–Crippen MR) is 92.1 cm³/mol. The van der Waals surface area contributed by atoms with Gasteiger partial charge >= 0.3 is 0 Å². The molecule has 0 radical (unpaired) electrons. The van der Waals surface area contributed by atoms with Crippen molar-refractivity contribution in [3.8, 4) is 11.5 Å². The molecule has 2 N–H and O–H groups in total. The summed E-state index contributed by atoms with van der Waals surface area (Å²) >= 11 is 0. The number of ether oxygens (including phenoxy) is 1. The van der Waals surface area contributed by atoms with Gasteiger partial charge in [0, 0.05) is 5.69 Å². The highest BCUT2D eigenvalue weighted by atomic mass is 16.5. The van der Waals surface area contributed by atoms with Crippen LogP contribution in [0.25, 0.3) is 0 Å². The van der Waals surface area contributed by atoms with Crippen molar-refractivity contribution < 1.29 is 14.6 Å². The molecule has 0 aliphatic heterocycles. The maximum atomic E-state index is 12.4. The van der Waals surface area contributed by atoms with Crippen molar-refractivity contribution >= 4 is 11.6 Å². The highest BCUT2D eigenvalue weighted by Crippen LogP contribution is 2.21. The number of rotatable bonds is 8. The summed E-state index contributed by atoms with van der Waals surface area (Å²) in [4.78, 5) is 12.4. The molecule has 2 aromatic carbocycles. The summed E-state index contributed by atoms with van der Waals surface area (Å²) in [6.45, 7) is 2.79. The number of phenolic OH excluding ortho intramolecular Hbond substituents is 1. The van der Waals surface area contributed by atoms with E-state index in [-0.39, 0.29) is 11.7 Å². The Morgan fingerprint density at radius 2 is 1.78 bits per heavy atom. The molecule has 4 nitrogen and oxygen atoms in total. The lowest BCUT2D eigenvalue weighted by molar-refractivity contribution is 0.102. The van der Waals surface area contributed by atoms with Gasteiger partial charge < -0.3 is 15.2 Å². The van der Waals surface area contributed by atoms with E-state index in [9.17, 15) is 9.90 Å². The van der Waals surface area contributed by atoms with E-state index in [0.29, 0.717) is 23.6 Å². The van der Waals surface area contributed by atoms with Crippen LogP contribution >= 0.6 is 0 Å². The maximum Gasteiger partial charge on any atom is 0.259 e. The van der Waals surface area contributed by atoms with Gasteiger partial charge in [0.25, 0.3) is 5.91 Å². The summed E-state index contributed by atoms with van der Waals surface area (Å²) in [6, 6.07) is 13.6. The zero-order valence-corrected chi connectivity index (χ0v) is 13.4. The van der Waals surface area contributed by atoms with Crippen LogP contribution in [0.3, 0.4) is 0 Å². The third-order valence-electron chi connectivity index (χ3n) is 3.51. The van der Waals surface area contributed by atoms with Crippen LogP contribution in [0.15, 0.2) is 48.5 Å². The fraction of sp³-hybridized carbons (Fsp3) is 0.316. The Kier molecular flexibility index (Phi) is 6.48. The van der Waals surface area contributed by atoms with E-state index in [1.807, 2.05) is 18.2 Å². The zero-order valence-electron chi connectivity index (χ0n) is 13.4. The quantitative estimate of drug-likeness (QED) is 0.553. The molecule has 0 heterocycles. The molecule has 2 rings (SSSR count). The van der Waals surface area contributed by atoms with E-state index in [4.69, 9.17) is 4.74 Å². The average Bonchev–Trinajstić information content (AvgIpc) is 2.57. The van der Waals surface area contributed by atoms with E-state index in [0.717, 1.165) is 12.8 Å². The number of amides is 1. The summed E-state index contributed by atoms with van der Waals surface area (Å²) in [5.74, 6) is 0.541. The molecule has 0 saturated heterocycles. The first-order valence-corrected chi connectivity index (χ1v) is 8.03. The van der Waals surface area contributed by atoms with Crippen LogP contribution in [0.1, 0.15) is 43.0 Å². The first-order chi connectivity index (χ1) is 11.2. The van der Waals surface area contributed by atoms with Gasteiger partial charge in [0.05, 0.1) is 12.2 Å². The smallest absolute Gasteiger partial charge is 0.259 e. The van der Waals surface area contributed by atoms with Gasteiger partial charge in [-0.15, -0.1) is 0 Å². The topological polar surface area (TPSA) is 58.6 Å². The van der Waals surface area contributed by atoms with Gasteiger partial charge in [-0.2, -0.15) is 0 Å². The Morgan fingerprint density at radius 1 is 1.04 bits per heavy atom. The number of phenols is 1. The third kappa shape index (κ3) is 5.33. The van der Waals surface area contributed by atoms with Crippen molar-refractivity contribution in [1.29, 1.82) is 0 Å². The lowest BCUT2D eigenvalue weighted by atomic mass is 10.1. The molecule has 1 amide bonds. The van der Waals surface area contributed by atoms with Crippen molar-refractivity contribution in [3.05, 3.63) is 54.1 Å². The molecule has 0 atom stereocenters. The number of hydrogen-bond donors (Lipinski definition) is 2. The highest BCUT2D eigenvalue weighted by molar-refractivity contribution is 6.06. The number of anilines is 1. The van der Waals surface area contributed by atoms with E-state index >= 15 is 0 Å². The minimum absolute atomic E-state index is 0.166. The molecule has 2 aromatic rings. The molecule has 0 aliphatic carbocycles. The predicted octanol–water partition coefficient (Wildman–Crippen LogP) is 4.60. The number of hydrogen-bond acceptors (Lipinski definition) is 3.